The second-order valence-corrected chi connectivity index (χ2v) is 14.3. The fourth-order valence-electron chi connectivity index (χ4n) is 8.36. The fourth-order valence-corrected chi connectivity index (χ4v) is 8.36. The summed E-state index contributed by atoms with van der Waals surface area (Å²) in [4.78, 5) is 15.8. The summed E-state index contributed by atoms with van der Waals surface area (Å²) in [5.74, 6) is 1.84. The van der Waals surface area contributed by atoms with E-state index in [1.165, 1.54) is 11.1 Å². The minimum absolute atomic E-state index is 0.0411. The number of allylic oxidation sites excluding steroid dienone is 1. The van der Waals surface area contributed by atoms with E-state index in [1.54, 1.807) is 0 Å². The number of furan rings is 3. The van der Waals surface area contributed by atoms with Gasteiger partial charge in [0.25, 0.3) is 0 Å². The summed E-state index contributed by atoms with van der Waals surface area (Å²) in [6, 6.07) is 49.9. The third-order valence-electron chi connectivity index (χ3n) is 11.1. The predicted octanol–water partition coefficient (Wildman–Crippen LogP) is 12.9. The van der Waals surface area contributed by atoms with Crippen molar-refractivity contribution >= 4 is 71.9 Å². The highest BCUT2D eigenvalue weighted by Gasteiger charge is 2.24. The lowest BCUT2D eigenvalue weighted by atomic mass is 9.89. The zero-order valence-corrected chi connectivity index (χ0v) is 29.4. The van der Waals surface area contributed by atoms with Gasteiger partial charge in [0, 0.05) is 49.4 Å². The van der Waals surface area contributed by atoms with E-state index < -0.39 is 0 Å². The smallest absolute Gasteiger partial charge is 0.164 e. The largest absolute Gasteiger partial charge is 0.456 e. The van der Waals surface area contributed by atoms with Crippen molar-refractivity contribution in [1.29, 1.82) is 0 Å². The standard InChI is InChI=1S/C49H29N3O3/c1-2-10-29-23-31(18-17-28(29)9-1)47-50-48(32-20-22-37-35-12-4-7-15-41(35)54-44(37)26-32)52-49(51-47)39-24-33(27-45-46(39)38-13-5-8-16-42(38)55-45)30-19-21-36-34-11-3-6-14-40(34)53-43(36)25-30/h1-22,24-27,31H,23H2. The van der Waals surface area contributed by atoms with Crippen molar-refractivity contribution in [2.45, 2.75) is 12.3 Å². The van der Waals surface area contributed by atoms with Gasteiger partial charge >= 0.3 is 0 Å². The lowest BCUT2D eigenvalue weighted by Crippen LogP contribution is -2.12. The quantitative estimate of drug-likeness (QED) is 0.181. The fraction of sp³-hybridized carbons (Fsp3) is 0.0408. The second-order valence-electron chi connectivity index (χ2n) is 14.3. The molecule has 6 heteroatoms. The van der Waals surface area contributed by atoms with Crippen LogP contribution in [-0.4, -0.2) is 15.0 Å². The molecule has 1 aliphatic rings. The van der Waals surface area contributed by atoms with E-state index >= 15 is 0 Å². The molecule has 55 heavy (non-hydrogen) atoms. The topological polar surface area (TPSA) is 78.1 Å². The lowest BCUT2D eigenvalue weighted by molar-refractivity contribution is 0.668. The molecular formula is C49H29N3O3. The molecule has 258 valence electrons. The number of fused-ring (bicyclic) bond motifs is 10. The first-order chi connectivity index (χ1) is 27.2. The summed E-state index contributed by atoms with van der Waals surface area (Å²) in [5, 5.41) is 6.29. The molecule has 1 unspecified atom stereocenters. The molecule has 6 nitrogen and oxygen atoms in total. The van der Waals surface area contributed by atoms with Crippen molar-refractivity contribution in [3.63, 3.8) is 0 Å². The molecular weight excluding hydrogens is 679 g/mol. The predicted molar refractivity (Wildman–Crippen MR) is 220 cm³/mol. The van der Waals surface area contributed by atoms with E-state index in [2.05, 4.69) is 97.1 Å². The Labute approximate surface area is 314 Å². The SMILES string of the molecule is C1=CC(c2nc(-c3ccc4c(c3)oc3ccccc34)nc(-c3cc(-c4ccc5c(c4)oc4ccccc45)cc4oc5ccccc5c34)n2)Cc2ccccc21. The highest BCUT2D eigenvalue weighted by Crippen LogP contribution is 2.42. The molecule has 0 amide bonds. The number of hydrogen-bond acceptors (Lipinski definition) is 6. The van der Waals surface area contributed by atoms with E-state index in [9.17, 15) is 0 Å². The molecule has 0 fully saturated rings. The number of nitrogens with zero attached hydrogens (tertiary/aromatic N) is 3. The van der Waals surface area contributed by atoms with Crippen LogP contribution in [0.1, 0.15) is 22.9 Å². The Morgan fingerprint density at radius 2 is 1.00 bits per heavy atom. The molecule has 0 bridgehead atoms. The Morgan fingerprint density at radius 1 is 0.436 bits per heavy atom. The number of benzene rings is 7. The summed E-state index contributed by atoms with van der Waals surface area (Å²) < 4.78 is 19.2. The van der Waals surface area contributed by atoms with Gasteiger partial charge < -0.3 is 13.3 Å². The maximum atomic E-state index is 6.57. The van der Waals surface area contributed by atoms with Gasteiger partial charge in [0.15, 0.2) is 11.6 Å². The molecule has 0 saturated carbocycles. The van der Waals surface area contributed by atoms with Crippen LogP contribution >= 0.6 is 0 Å². The van der Waals surface area contributed by atoms with Crippen LogP contribution in [0, 0.1) is 0 Å². The zero-order chi connectivity index (χ0) is 36.0. The van der Waals surface area contributed by atoms with E-state index in [0.29, 0.717) is 17.5 Å². The second kappa shape index (κ2) is 11.6. The van der Waals surface area contributed by atoms with Crippen molar-refractivity contribution in [3.05, 3.63) is 169 Å². The van der Waals surface area contributed by atoms with Gasteiger partial charge in [-0.15, -0.1) is 0 Å². The molecule has 4 heterocycles. The molecule has 11 aromatic rings. The molecule has 1 atom stereocenters. The number of rotatable bonds is 4. The molecule has 1 aliphatic carbocycles. The van der Waals surface area contributed by atoms with E-state index in [-0.39, 0.29) is 5.92 Å². The van der Waals surface area contributed by atoms with Gasteiger partial charge in [0.2, 0.25) is 0 Å². The first-order valence-corrected chi connectivity index (χ1v) is 18.5. The van der Waals surface area contributed by atoms with Crippen LogP contribution in [0.15, 0.2) is 165 Å². The Bertz CT molecular complexity index is 3380. The summed E-state index contributed by atoms with van der Waals surface area (Å²) >= 11 is 0. The highest BCUT2D eigenvalue weighted by molar-refractivity contribution is 6.13. The molecule has 0 saturated heterocycles. The summed E-state index contributed by atoms with van der Waals surface area (Å²) in [5.41, 5.74) is 11.1. The van der Waals surface area contributed by atoms with E-state index in [1.807, 2.05) is 60.7 Å². The normalized spacial score (nSPS) is 14.2. The average Bonchev–Trinajstić information content (AvgIpc) is 3.93. The average molecular weight is 708 g/mol. The van der Waals surface area contributed by atoms with Crippen molar-refractivity contribution in [3.8, 4) is 33.9 Å². The van der Waals surface area contributed by atoms with Crippen LogP contribution in [0.2, 0.25) is 0 Å². The monoisotopic (exact) mass is 707 g/mol. The Balaban J connectivity index is 1.09. The van der Waals surface area contributed by atoms with Crippen LogP contribution in [0.4, 0.5) is 0 Å². The summed E-state index contributed by atoms with van der Waals surface area (Å²) in [6.45, 7) is 0. The summed E-state index contributed by atoms with van der Waals surface area (Å²) in [7, 11) is 0. The molecule has 0 aliphatic heterocycles. The first-order valence-electron chi connectivity index (χ1n) is 18.5. The number of hydrogen-bond donors (Lipinski definition) is 0. The van der Waals surface area contributed by atoms with Crippen LogP contribution in [-0.2, 0) is 6.42 Å². The highest BCUT2D eigenvalue weighted by atomic mass is 16.3. The van der Waals surface area contributed by atoms with Crippen molar-refractivity contribution in [2.75, 3.05) is 0 Å². The van der Waals surface area contributed by atoms with E-state index in [0.717, 1.165) is 94.5 Å². The minimum atomic E-state index is -0.0411. The molecule has 0 spiro atoms. The van der Waals surface area contributed by atoms with Crippen molar-refractivity contribution in [1.82, 2.24) is 15.0 Å². The first kappa shape index (κ1) is 30.2. The maximum absolute atomic E-state index is 6.57. The molecule has 0 radical (unpaired) electrons. The van der Waals surface area contributed by atoms with Crippen LogP contribution < -0.4 is 0 Å². The number of aromatic nitrogens is 3. The Hall–Kier alpha value is -7.31. The van der Waals surface area contributed by atoms with Crippen LogP contribution in [0.25, 0.3) is 106 Å². The minimum Gasteiger partial charge on any atom is -0.456 e. The Kier molecular flexibility index (Phi) is 6.36. The van der Waals surface area contributed by atoms with Gasteiger partial charge in [0.1, 0.15) is 39.3 Å². The lowest BCUT2D eigenvalue weighted by Gasteiger charge is -2.19. The van der Waals surface area contributed by atoms with Gasteiger partial charge in [-0.2, -0.15) is 0 Å². The van der Waals surface area contributed by atoms with Gasteiger partial charge in [0.05, 0.1) is 0 Å². The Morgan fingerprint density at radius 3 is 1.76 bits per heavy atom. The third-order valence-corrected chi connectivity index (χ3v) is 11.1. The molecule has 12 rings (SSSR count). The zero-order valence-electron chi connectivity index (χ0n) is 29.4. The molecule has 4 aromatic heterocycles. The van der Waals surface area contributed by atoms with Gasteiger partial charge in [-0.3, -0.25) is 0 Å². The van der Waals surface area contributed by atoms with Gasteiger partial charge in [-0.05, 0) is 83.3 Å². The third kappa shape index (κ3) is 4.78. The summed E-state index contributed by atoms with van der Waals surface area (Å²) in [6.07, 6.45) is 5.19. The van der Waals surface area contributed by atoms with Crippen LogP contribution in [0.3, 0.4) is 0 Å². The van der Waals surface area contributed by atoms with E-state index in [4.69, 9.17) is 28.2 Å². The number of para-hydroxylation sites is 3. The van der Waals surface area contributed by atoms with Gasteiger partial charge in [-0.25, -0.2) is 15.0 Å². The molecule has 0 N–H and O–H groups in total. The van der Waals surface area contributed by atoms with Crippen molar-refractivity contribution < 1.29 is 13.3 Å². The van der Waals surface area contributed by atoms with Crippen molar-refractivity contribution in [2.24, 2.45) is 0 Å². The molecule has 7 aromatic carbocycles. The van der Waals surface area contributed by atoms with Gasteiger partial charge in [-0.1, -0.05) is 103 Å². The van der Waals surface area contributed by atoms with Crippen LogP contribution in [0.5, 0.6) is 0 Å². The maximum Gasteiger partial charge on any atom is 0.164 e.